The van der Waals surface area contributed by atoms with Crippen LogP contribution in [0.3, 0.4) is 0 Å². The van der Waals surface area contributed by atoms with E-state index in [0.29, 0.717) is 12.1 Å². The Morgan fingerprint density at radius 2 is 1.68 bits per heavy atom. The first-order chi connectivity index (χ1) is 16.2. The van der Waals surface area contributed by atoms with Crippen molar-refractivity contribution in [3.05, 3.63) is 66.0 Å². The largest absolute Gasteiger partial charge is 0.354 e. The molecule has 7 nitrogen and oxygen atoms in total. The molecule has 34 heavy (non-hydrogen) atoms. The van der Waals surface area contributed by atoms with E-state index < -0.39 is 21.9 Å². The maximum atomic E-state index is 14.3. The highest BCUT2D eigenvalue weighted by atomic mass is 32.2. The van der Waals surface area contributed by atoms with Crippen molar-refractivity contribution in [1.29, 1.82) is 0 Å². The molecular formula is C25H34FN3O4S. The zero-order chi connectivity index (χ0) is 25.1. The number of amides is 2. The van der Waals surface area contributed by atoms with E-state index in [-0.39, 0.29) is 42.6 Å². The molecule has 0 spiro atoms. The lowest BCUT2D eigenvalue weighted by atomic mass is 10.1. The topological polar surface area (TPSA) is 86.8 Å². The molecule has 0 aliphatic rings. The molecule has 2 amide bonds. The number of hydrogen-bond acceptors (Lipinski definition) is 4. The fraction of sp³-hybridized carbons (Fsp3) is 0.440. The van der Waals surface area contributed by atoms with E-state index in [1.165, 1.54) is 34.5 Å². The van der Waals surface area contributed by atoms with Crippen molar-refractivity contribution in [3.63, 3.8) is 0 Å². The summed E-state index contributed by atoms with van der Waals surface area (Å²) in [6.07, 6.45) is 2.03. The van der Waals surface area contributed by atoms with E-state index >= 15 is 0 Å². The van der Waals surface area contributed by atoms with Gasteiger partial charge in [-0.15, -0.1) is 0 Å². The number of nitrogens with zero attached hydrogens (tertiary/aromatic N) is 2. The third-order valence-corrected chi connectivity index (χ3v) is 7.48. The quantitative estimate of drug-likeness (QED) is 0.434. The number of benzene rings is 2. The molecule has 0 unspecified atom stereocenters. The van der Waals surface area contributed by atoms with Crippen LogP contribution < -0.4 is 5.32 Å². The minimum atomic E-state index is -3.66. The molecule has 0 heterocycles. The molecule has 0 saturated carbocycles. The van der Waals surface area contributed by atoms with Crippen molar-refractivity contribution in [2.45, 2.75) is 57.0 Å². The number of carbonyl (C=O) groups is 2. The summed E-state index contributed by atoms with van der Waals surface area (Å²) in [7, 11) is -2.19. The van der Waals surface area contributed by atoms with Crippen LogP contribution in [0.25, 0.3) is 0 Å². The zero-order valence-corrected chi connectivity index (χ0v) is 20.9. The minimum Gasteiger partial charge on any atom is -0.354 e. The molecule has 0 radical (unpaired) electrons. The number of halogens is 1. The average Bonchev–Trinajstić information content (AvgIpc) is 2.83. The summed E-state index contributed by atoms with van der Waals surface area (Å²) in [5.41, 5.74) is 0.313. The van der Waals surface area contributed by atoms with Crippen molar-refractivity contribution in [1.82, 2.24) is 14.5 Å². The Kier molecular flexibility index (Phi) is 10.7. The van der Waals surface area contributed by atoms with Gasteiger partial charge in [0.05, 0.1) is 4.90 Å². The first-order valence-corrected chi connectivity index (χ1v) is 12.9. The maximum Gasteiger partial charge on any atom is 0.242 e. The van der Waals surface area contributed by atoms with Crippen LogP contribution in [0.2, 0.25) is 0 Å². The summed E-state index contributed by atoms with van der Waals surface area (Å²) in [5, 5.41) is 2.82. The van der Waals surface area contributed by atoms with Gasteiger partial charge in [-0.1, -0.05) is 49.7 Å². The van der Waals surface area contributed by atoms with Gasteiger partial charge < -0.3 is 10.2 Å². The summed E-state index contributed by atoms with van der Waals surface area (Å²) < 4.78 is 40.8. The molecule has 2 rings (SSSR count). The number of rotatable bonds is 13. The molecule has 1 atom stereocenters. The van der Waals surface area contributed by atoms with Crippen LogP contribution in [-0.4, -0.2) is 55.6 Å². The van der Waals surface area contributed by atoms with Gasteiger partial charge in [0.1, 0.15) is 11.9 Å². The van der Waals surface area contributed by atoms with Crippen molar-refractivity contribution in [2.75, 3.05) is 20.1 Å². The summed E-state index contributed by atoms with van der Waals surface area (Å²) >= 11 is 0. The van der Waals surface area contributed by atoms with Crippen molar-refractivity contribution in [3.8, 4) is 0 Å². The summed E-state index contributed by atoms with van der Waals surface area (Å²) in [6.45, 7) is 4.22. The van der Waals surface area contributed by atoms with Gasteiger partial charge in [-0.05, 0) is 38.0 Å². The van der Waals surface area contributed by atoms with Gasteiger partial charge in [-0.2, -0.15) is 0 Å². The van der Waals surface area contributed by atoms with E-state index in [1.807, 2.05) is 6.92 Å². The smallest absolute Gasteiger partial charge is 0.242 e. The number of sulfonamides is 1. The molecule has 2 aromatic carbocycles. The summed E-state index contributed by atoms with van der Waals surface area (Å²) in [4.78, 5) is 27.2. The molecule has 0 saturated heterocycles. The highest BCUT2D eigenvalue weighted by Gasteiger charge is 2.27. The molecule has 1 N–H and O–H groups in total. The van der Waals surface area contributed by atoms with Crippen LogP contribution in [0.1, 0.15) is 45.1 Å². The van der Waals surface area contributed by atoms with Crippen LogP contribution in [0.5, 0.6) is 0 Å². The number of nitrogens with one attached hydrogen (secondary N) is 1. The van der Waals surface area contributed by atoms with Gasteiger partial charge in [0.25, 0.3) is 0 Å². The maximum absolute atomic E-state index is 14.3. The zero-order valence-electron chi connectivity index (χ0n) is 20.0. The molecule has 0 aromatic heterocycles. The van der Waals surface area contributed by atoms with Crippen molar-refractivity contribution in [2.24, 2.45) is 0 Å². The van der Waals surface area contributed by atoms with Crippen LogP contribution in [0.15, 0.2) is 59.5 Å². The Balaban J connectivity index is 2.07. The Bertz CT molecular complexity index is 1050. The second kappa shape index (κ2) is 13.2. The van der Waals surface area contributed by atoms with Gasteiger partial charge in [0.15, 0.2) is 0 Å². The molecule has 0 aliphatic carbocycles. The van der Waals surface area contributed by atoms with Crippen molar-refractivity contribution >= 4 is 21.8 Å². The fourth-order valence-electron chi connectivity index (χ4n) is 3.42. The van der Waals surface area contributed by atoms with Crippen LogP contribution in [0, 0.1) is 5.82 Å². The first-order valence-electron chi connectivity index (χ1n) is 11.5. The molecule has 9 heteroatoms. The van der Waals surface area contributed by atoms with E-state index in [1.54, 1.807) is 43.3 Å². The monoisotopic (exact) mass is 491 g/mol. The van der Waals surface area contributed by atoms with Crippen LogP contribution >= 0.6 is 0 Å². The minimum absolute atomic E-state index is 0.0235. The summed E-state index contributed by atoms with van der Waals surface area (Å²) in [5.74, 6) is -1.10. The average molecular weight is 492 g/mol. The Morgan fingerprint density at radius 3 is 2.32 bits per heavy atom. The normalized spacial score (nSPS) is 12.4. The molecule has 0 aliphatic heterocycles. The Labute approximate surface area is 202 Å². The molecule has 186 valence electrons. The van der Waals surface area contributed by atoms with E-state index in [4.69, 9.17) is 0 Å². The second-order valence-corrected chi connectivity index (χ2v) is 10.2. The van der Waals surface area contributed by atoms with Crippen LogP contribution in [0.4, 0.5) is 4.39 Å². The third-order valence-electron chi connectivity index (χ3n) is 5.61. The lowest BCUT2D eigenvalue weighted by Crippen LogP contribution is -2.48. The number of carbonyl (C=O) groups excluding carboxylic acids is 2. The fourth-order valence-corrected chi connectivity index (χ4v) is 4.65. The summed E-state index contributed by atoms with van der Waals surface area (Å²) in [6, 6.07) is 13.4. The van der Waals surface area contributed by atoms with E-state index in [2.05, 4.69) is 5.32 Å². The highest BCUT2D eigenvalue weighted by molar-refractivity contribution is 7.89. The van der Waals surface area contributed by atoms with Gasteiger partial charge in [0, 0.05) is 38.7 Å². The van der Waals surface area contributed by atoms with Gasteiger partial charge in [0.2, 0.25) is 21.8 Å². The predicted molar refractivity (Wildman–Crippen MR) is 130 cm³/mol. The Morgan fingerprint density at radius 1 is 1.03 bits per heavy atom. The Hall–Kier alpha value is -2.78. The first kappa shape index (κ1) is 27.5. The predicted octanol–water partition coefficient (Wildman–Crippen LogP) is 3.56. The SMILES string of the molecule is CCCCNC(=O)[C@H](C)N(Cc1ccccc1F)C(=O)CCCN(C)S(=O)(=O)c1ccccc1. The second-order valence-electron chi connectivity index (χ2n) is 8.18. The molecule has 0 fully saturated rings. The van der Waals surface area contributed by atoms with Crippen molar-refractivity contribution < 1.29 is 22.4 Å². The van der Waals surface area contributed by atoms with Gasteiger partial charge >= 0.3 is 0 Å². The standard InChI is InChI=1S/C25H34FN3O4S/c1-4-5-17-27-25(31)20(2)29(19-21-12-9-10-15-23(21)26)24(30)16-11-18-28(3)34(32,33)22-13-7-6-8-14-22/h6-10,12-15,20H,4-5,11,16-19H2,1-3H3,(H,27,31)/t20-/m0/s1. The van der Waals surface area contributed by atoms with E-state index in [0.717, 1.165) is 12.8 Å². The number of hydrogen-bond donors (Lipinski definition) is 1. The molecule has 0 bridgehead atoms. The third kappa shape index (κ3) is 7.63. The number of unbranched alkanes of at least 4 members (excludes halogenated alkanes) is 1. The highest BCUT2D eigenvalue weighted by Crippen LogP contribution is 2.17. The lowest BCUT2D eigenvalue weighted by Gasteiger charge is -2.29. The van der Waals surface area contributed by atoms with E-state index in [9.17, 15) is 22.4 Å². The van der Waals surface area contributed by atoms with Crippen LogP contribution in [-0.2, 0) is 26.2 Å². The van der Waals surface area contributed by atoms with Gasteiger partial charge in [-0.25, -0.2) is 17.1 Å². The lowest BCUT2D eigenvalue weighted by molar-refractivity contribution is -0.140. The molecular weight excluding hydrogens is 457 g/mol. The van der Waals surface area contributed by atoms with Gasteiger partial charge in [-0.3, -0.25) is 9.59 Å². The molecule has 2 aromatic rings.